The molecule has 2 rings (SSSR count). The molecule has 102 valence electrons. The van der Waals surface area contributed by atoms with Gasteiger partial charge in [-0.05, 0) is 12.8 Å². The van der Waals surface area contributed by atoms with E-state index in [9.17, 15) is 14.7 Å². The third kappa shape index (κ3) is 2.29. The second kappa shape index (κ2) is 5.14. The van der Waals surface area contributed by atoms with E-state index < -0.39 is 11.4 Å². The molecule has 0 aliphatic carbocycles. The first-order valence-corrected chi connectivity index (χ1v) is 6.44. The van der Waals surface area contributed by atoms with Crippen LogP contribution >= 0.6 is 0 Å². The van der Waals surface area contributed by atoms with E-state index in [1.54, 1.807) is 9.80 Å². The fourth-order valence-electron chi connectivity index (χ4n) is 2.60. The average Bonchev–Trinajstić information content (AvgIpc) is 2.84. The van der Waals surface area contributed by atoms with Crippen LogP contribution in [0.2, 0.25) is 0 Å². The molecule has 0 saturated carbocycles. The number of hydrogen-bond donors (Lipinski definition) is 1. The molecule has 18 heavy (non-hydrogen) atoms. The number of rotatable bonds is 2. The average molecular weight is 256 g/mol. The van der Waals surface area contributed by atoms with E-state index in [4.69, 9.17) is 4.74 Å². The summed E-state index contributed by atoms with van der Waals surface area (Å²) in [5, 5.41) is 9.30. The fraction of sp³-hybridized carbons (Fsp3) is 0.833. The van der Waals surface area contributed by atoms with Crippen LogP contribution in [0.25, 0.3) is 0 Å². The number of carbonyl (C=O) groups is 2. The summed E-state index contributed by atoms with van der Waals surface area (Å²) in [5.41, 5.74) is -0.748. The Labute approximate surface area is 106 Å². The normalized spacial score (nSPS) is 28.5. The van der Waals surface area contributed by atoms with Crippen molar-refractivity contribution < 1.29 is 19.4 Å². The molecular weight excluding hydrogens is 236 g/mol. The van der Waals surface area contributed by atoms with Crippen molar-refractivity contribution in [1.29, 1.82) is 0 Å². The van der Waals surface area contributed by atoms with Gasteiger partial charge in [-0.25, -0.2) is 4.79 Å². The van der Waals surface area contributed by atoms with Gasteiger partial charge in [-0.2, -0.15) is 0 Å². The van der Waals surface area contributed by atoms with Gasteiger partial charge in [0, 0.05) is 26.2 Å². The lowest BCUT2D eigenvalue weighted by atomic mass is 9.84. The molecule has 0 aromatic heterocycles. The lowest BCUT2D eigenvalue weighted by Crippen LogP contribution is -2.48. The molecule has 2 heterocycles. The van der Waals surface area contributed by atoms with Crippen LogP contribution < -0.4 is 0 Å². The molecule has 0 aromatic carbocycles. The molecule has 0 radical (unpaired) electrons. The molecule has 0 aromatic rings. The van der Waals surface area contributed by atoms with Gasteiger partial charge >= 0.3 is 12.0 Å². The Bertz CT molecular complexity index is 341. The summed E-state index contributed by atoms with van der Waals surface area (Å²) < 4.78 is 5.21. The van der Waals surface area contributed by atoms with Gasteiger partial charge in [0.2, 0.25) is 0 Å². The molecular formula is C12H20N2O4. The first-order chi connectivity index (χ1) is 8.59. The summed E-state index contributed by atoms with van der Waals surface area (Å²) in [7, 11) is 0. The number of nitrogens with zero attached hydrogens (tertiary/aromatic N) is 2. The topological polar surface area (TPSA) is 70.1 Å². The van der Waals surface area contributed by atoms with Gasteiger partial charge in [0.1, 0.15) is 0 Å². The van der Waals surface area contributed by atoms with Crippen molar-refractivity contribution in [2.24, 2.45) is 5.41 Å². The Morgan fingerprint density at radius 1 is 1.22 bits per heavy atom. The lowest BCUT2D eigenvalue weighted by Gasteiger charge is -2.31. The van der Waals surface area contributed by atoms with Crippen LogP contribution in [-0.4, -0.2) is 66.3 Å². The fourth-order valence-corrected chi connectivity index (χ4v) is 2.60. The first kappa shape index (κ1) is 13.1. The molecule has 0 bridgehead atoms. The molecule has 6 heteroatoms. The van der Waals surface area contributed by atoms with Crippen molar-refractivity contribution in [1.82, 2.24) is 9.80 Å². The van der Waals surface area contributed by atoms with Gasteiger partial charge in [-0.1, -0.05) is 6.92 Å². The maximum Gasteiger partial charge on any atom is 0.320 e. The van der Waals surface area contributed by atoms with Gasteiger partial charge in [-0.15, -0.1) is 0 Å². The number of urea groups is 1. The van der Waals surface area contributed by atoms with Gasteiger partial charge in [0.15, 0.2) is 0 Å². The minimum absolute atomic E-state index is 0.0464. The molecule has 2 aliphatic heterocycles. The number of aliphatic carboxylic acids is 1. The maximum absolute atomic E-state index is 12.2. The number of morpholine rings is 1. The largest absolute Gasteiger partial charge is 0.481 e. The van der Waals surface area contributed by atoms with Crippen LogP contribution in [0.3, 0.4) is 0 Å². The second-order valence-corrected chi connectivity index (χ2v) is 4.99. The number of carboxylic acid groups (broad SMARTS) is 1. The van der Waals surface area contributed by atoms with Crippen LogP contribution in [-0.2, 0) is 9.53 Å². The summed E-state index contributed by atoms with van der Waals surface area (Å²) in [6.07, 6.45) is 1.12. The number of carbonyl (C=O) groups excluding carboxylic acids is 1. The molecule has 2 aliphatic rings. The van der Waals surface area contributed by atoms with E-state index in [0.717, 1.165) is 0 Å². The highest BCUT2D eigenvalue weighted by molar-refractivity contribution is 5.79. The van der Waals surface area contributed by atoms with E-state index in [-0.39, 0.29) is 6.03 Å². The van der Waals surface area contributed by atoms with Gasteiger partial charge in [0.25, 0.3) is 0 Å². The lowest BCUT2D eigenvalue weighted by molar-refractivity contribution is -0.148. The van der Waals surface area contributed by atoms with Crippen LogP contribution in [0.5, 0.6) is 0 Å². The molecule has 2 fully saturated rings. The van der Waals surface area contributed by atoms with Crippen molar-refractivity contribution >= 4 is 12.0 Å². The summed E-state index contributed by atoms with van der Waals surface area (Å²) in [4.78, 5) is 27.0. The highest BCUT2D eigenvalue weighted by Crippen LogP contribution is 2.34. The number of hydrogen-bond acceptors (Lipinski definition) is 3. The molecule has 1 atom stereocenters. The zero-order valence-electron chi connectivity index (χ0n) is 10.7. The van der Waals surface area contributed by atoms with Crippen molar-refractivity contribution in [3.63, 3.8) is 0 Å². The third-order valence-electron chi connectivity index (χ3n) is 4.04. The number of amides is 2. The zero-order chi connectivity index (χ0) is 13.2. The van der Waals surface area contributed by atoms with Crippen molar-refractivity contribution in [3.8, 4) is 0 Å². The molecule has 1 N–H and O–H groups in total. The van der Waals surface area contributed by atoms with Crippen LogP contribution in [0.1, 0.15) is 19.8 Å². The van der Waals surface area contributed by atoms with E-state index in [0.29, 0.717) is 52.2 Å². The van der Waals surface area contributed by atoms with Gasteiger partial charge in [-0.3, -0.25) is 4.79 Å². The predicted octanol–water partition coefficient (Wildman–Crippen LogP) is 0.625. The minimum Gasteiger partial charge on any atom is -0.481 e. The third-order valence-corrected chi connectivity index (χ3v) is 4.04. The Hall–Kier alpha value is -1.30. The Balaban J connectivity index is 1.99. The summed E-state index contributed by atoms with van der Waals surface area (Å²) >= 11 is 0. The number of ether oxygens (including phenoxy) is 1. The van der Waals surface area contributed by atoms with Crippen molar-refractivity contribution in [2.45, 2.75) is 19.8 Å². The van der Waals surface area contributed by atoms with Crippen LogP contribution in [0, 0.1) is 5.41 Å². The smallest absolute Gasteiger partial charge is 0.320 e. The number of carboxylic acids is 1. The Kier molecular flexibility index (Phi) is 3.75. The highest BCUT2D eigenvalue weighted by atomic mass is 16.5. The number of likely N-dealkylation sites (tertiary alicyclic amines) is 1. The van der Waals surface area contributed by atoms with E-state index in [1.807, 2.05) is 6.92 Å². The van der Waals surface area contributed by atoms with Crippen LogP contribution in [0.15, 0.2) is 0 Å². The molecule has 1 unspecified atom stereocenters. The zero-order valence-corrected chi connectivity index (χ0v) is 10.7. The standard InChI is InChI=1S/C12H20N2O4/c1-2-12(10(15)16)3-4-14(9-12)11(17)13-5-7-18-8-6-13/h2-9H2,1H3,(H,15,16). The van der Waals surface area contributed by atoms with Gasteiger partial charge < -0.3 is 19.6 Å². The Morgan fingerprint density at radius 3 is 2.39 bits per heavy atom. The molecule has 2 saturated heterocycles. The molecule has 2 amide bonds. The van der Waals surface area contributed by atoms with E-state index >= 15 is 0 Å². The quantitative estimate of drug-likeness (QED) is 0.786. The monoisotopic (exact) mass is 256 g/mol. The maximum atomic E-state index is 12.2. The van der Waals surface area contributed by atoms with E-state index in [2.05, 4.69) is 0 Å². The van der Waals surface area contributed by atoms with Crippen molar-refractivity contribution in [3.05, 3.63) is 0 Å². The molecule has 6 nitrogen and oxygen atoms in total. The predicted molar refractivity (Wildman–Crippen MR) is 64.3 cm³/mol. The second-order valence-electron chi connectivity index (χ2n) is 4.99. The summed E-state index contributed by atoms with van der Waals surface area (Å²) in [5.74, 6) is -0.790. The highest BCUT2D eigenvalue weighted by Gasteiger charge is 2.45. The minimum atomic E-state index is -0.790. The summed E-state index contributed by atoms with van der Waals surface area (Å²) in [6, 6.07) is -0.0464. The van der Waals surface area contributed by atoms with E-state index in [1.165, 1.54) is 0 Å². The SMILES string of the molecule is CCC1(C(=O)O)CCN(C(=O)N2CCOCC2)C1. The summed E-state index contributed by atoms with van der Waals surface area (Å²) in [6.45, 7) is 5.07. The molecule has 0 spiro atoms. The van der Waals surface area contributed by atoms with Gasteiger partial charge in [0.05, 0.1) is 18.6 Å². The van der Waals surface area contributed by atoms with Crippen molar-refractivity contribution in [2.75, 3.05) is 39.4 Å². The Morgan fingerprint density at radius 2 is 1.89 bits per heavy atom. The first-order valence-electron chi connectivity index (χ1n) is 6.44. The van der Waals surface area contributed by atoms with Crippen LogP contribution in [0.4, 0.5) is 4.79 Å².